The van der Waals surface area contributed by atoms with Gasteiger partial charge < -0.3 is 19.8 Å². The summed E-state index contributed by atoms with van der Waals surface area (Å²) in [6.07, 6.45) is 1.93. The Morgan fingerprint density at radius 2 is 2.19 bits per heavy atom. The van der Waals surface area contributed by atoms with Crippen LogP contribution in [-0.2, 0) is 6.54 Å². The highest BCUT2D eigenvalue weighted by Gasteiger charge is 2.07. The Labute approximate surface area is 93.5 Å². The molecule has 0 fully saturated rings. The number of carboxylic acid groups (broad SMARTS) is 1. The van der Waals surface area contributed by atoms with Crippen LogP contribution in [0.15, 0.2) is 24.4 Å². The second-order valence-corrected chi connectivity index (χ2v) is 4.25. The number of aromatic amines is 1. The van der Waals surface area contributed by atoms with Gasteiger partial charge in [-0.15, -0.1) is 0 Å². The van der Waals surface area contributed by atoms with E-state index in [2.05, 4.69) is 19.1 Å². The molecule has 0 bridgehead atoms. The fourth-order valence-electron chi connectivity index (χ4n) is 1.84. The molecule has 0 saturated carbocycles. The van der Waals surface area contributed by atoms with Crippen LogP contribution < -0.4 is 10.0 Å². The van der Waals surface area contributed by atoms with E-state index in [4.69, 9.17) is 0 Å². The molecule has 2 aromatic rings. The number of aromatic nitrogens is 1. The predicted molar refractivity (Wildman–Crippen MR) is 59.1 cm³/mol. The number of quaternary nitrogens is 1. The monoisotopic (exact) mass is 218 g/mol. The van der Waals surface area contributed by atoms with E-state index in [1.807, 2.05) is 12.3 Å². The predicted octanol–water partition coefficient (Wildman–Crippen LogP) is -0.824. The molecule has 4 heteroatoms. The zero-order chi connectivity index (χ0) is 11.7. The van der Waals surface area contributed by atoms with Gasteiger partial charge in [0, 0.05) is 22.7 Å². The molecule has 0 aliphatic heterocycles. The normalized spacial score (nSPS) is 11.2. The van der Waals surface area contributed by atoms with Crippen LogP contribution in [0, 0.1) is 0 Å². The van der Waals surface area contributed by atoms with E-state index in [0.717, 1.165) is 17.4 Å². The SMILES string of the molecule is C[NH+](C)Cc1c[nH]c2cc(C(=O)[O-])ccc12. The molecule has 1 aromatic heterocycles. The van der Waals surface area contributed by atoms with Gasteiger partial charge in [0.25, 0.3) is 0 Å². The number of carbonyl (C=O) groups excluding carboxylic acids is 1. The third-order valence-electron chi connectivity index (χ3n) is 2.55. The molecule has 0 unspecified atom stereocenters. The molecule has 0 aliphatic rings. The van der Waals surface area contributed by atoms with Crippen molar-refractivity contribution in [3.8, 4) is 0 Å². The molecule has 84 valence electrons. The number of rotatable bonds is 3. The van der Waals surface area contributed by atoms with Gasteiger partial charge in [0.05, 0.1) is 20.1 Å². The molecular formula is C12H14N2O2. The van der Waals surface area contributed by atoms with Gasteiger partial charge >= 0.3 is 0 Å². The van der Waals surface area contributed by atoms with Gasteiger partial charge in [-0.05, 0) is 11.6 Å². The number of aromatic carboxylic acids is 1. The summed E-state index contributed by atoms with van der Waals surface area (Å²) in [5, 5.41) is 11.8. The standard InChI is InChI=1S/C12H14N2O2/c1-14(2)7-9-6-13-11-5-8(12(15)16)3-4-10(9)11/h3-6,13H,7H2,1-2H3,(H,15,16). The Hall–Kier alpha value is -1.81. The van der Waals surface area contributed by atoms with Gasteiger partial charge in [0.1, 0.15) is 6.54 Å². The van der Waals surface area contributed by atoms with Gasteiger partial charge in [-0.25, -0.2) is 0 Å². The average Bonchev–Trinajstić information content (AvgIpc) is 2.60. The molecular weight excluding hydrogens is 204 g/mol. The van der Waals surface area contributed by atoms with Crippen molar-refractivity contribution in [2.24, 2.45) is 0 Å². The third-order valence-corrected chi connectivity index (χ3v) is 2.55. The van der Waals surface area contributed by atoms with E-state index in [1.54, 1.807) is 12.1 Å². The Kier molecular flexibility index (Phi) is 2.66. The van der Waals surface area contributed by atoms with E-state index in [0.29, 0.717) is 0 Å². The minimum absolute atomic E-state index is 0.207. The zero-order valence-corrected chi connectivity index (χ0v) is 9.33. The maximum Gasteiger partial charge on any atom is 0.104 e. The van der Waals surface area contributed by atoms with Gasteiger partial charge in [-0.2, -0.15) is 0 Å². The topological polar surface area (TPSA) is 60.4 Å². The van der Waals surface area contributed by atoms with Gasteiger partial charge in [-0.3, -0.25) is 0 Å². The van der Waals surface area contributed by atoms with Crippen molar-refractivity contribution in [1.82, 2.24) is 4.98 Å². The van der Waals surface area contributed by atoms with E-state index in [9.17, 15) is 9.90 Å². The van der Waals surface area contributed by atoms with Crippen molar-refractivity contribution >= 4 is 16.9 Å². The highest BCUT2D eigenvalue weighted by molar-refractivity contribution is 5.93. The molecule has 0 spiro atoms. The van der Waals surface area contributed by atoms with Gasteiger partial charge in [0.15, 0.2) is 0 Å². The lowest BCUT2D eigenvalue weighted by molar-refractivity contribution is -0.872. The van der Waals surface area contributed by atoms with Crippen molar-refractivity contribution in [3.63, 3.8) is 0 Å². The summed E-state index contributed by atoms with van der Waals surface area (Å²) >= 11 is 0. The minimum Gasteiger partial charge on any atom is -0.545 e. The summed E-state index contributed by atoms with van der Waals surface area (Å²) in [5.74, 6) is -1.14. The van der Waals surface area contributed by atoms with Crippen molar-refractivity contribution in [2.75, 3.05) is 14.1 Å². The quantitative estimate of drug-likeness (QED) is 0.707. The Morgan fingerprint density at radius 1 is 1.44 bits per heavy atom. The summed E-state index contributed by atoms with van der Waals surface area (Å²) in [6.45, 7) is 0.907. The number of carboxylic acids is 1. The molecule has 2 N–H and O–H groups in total. The number of carbonyl (C=O) groups is 1. The number of nitrogens with one attached hydrogen (secondary N) is 2. The van der Waals surface area contributed by atoms with Crippen molar-refractivity contribution in [1.29, 1.82) is 0 Å². The molecule has 0 atom stereocenters. The number of benzene rings is 1. The lowest BCUT2D eigenvalue weighted by atomic mass is 10.1. The molecule has 2 rings (SSSR count). The lowest BCUT2D eigenvalue weighted by Crippen LogP contribution is -3.04. The molecule has 0 aliphatic carbocycles. The Morgan fingerprint density at radius 3 is 2.81 bits per heavy atom. The van der Waals surface area contributed by atoms with Crippen LogP contribution in [0.2, 0.25) is 0 Å². The lowest BCUT2D eigenvalue weighted by Gasteiger charge is -2.06. The van der Waals surface area contributed by atoms with Crippen LogP contribution in [0.1, 0.15) is 15.9 Å². The first kappa shape index (κ1) is 10.7. The number of hydrogen-bond donors (Lipinski definition) is 2. The summed E-state index contributed by atoms with van der Waals surface area (Å²) in [6, 6.07) is 5.02. The first-order valence-corrected chi connectivity index (χ1v) is 5.18. The Bertz CT molecular complexity index is 529. The molecule has 16 heavy (non-hydrogen) atoms. The second kappa shape index (κ2) is 3.98. The minimum atomic E-state index is -1.14. The van der Waals surface area contributed by atoms with Crippen molar-refractivity contribution in [2.45, 2.75) is 6.54 Å². The number of hydrogen-bond acceptors (Lipinski definition) is 2. The molecule has 1 aromatic carbocycles. The van der Waals surface area contributed by atoms with Crippen LogP contribution >= 0.6 is 0 Å². The molecule has 0 saturated heterocycles. The van der Waals surface area contributed by atoms with Crippen LogP contribution in [-0.4, -0.2) is 25.0 Å². The van der Waals surface area contributed by atoms with Crippen molar-refractivity contribution < 1.29 is 14.8 Å². The zero-order valence-electron chi connectivity index (χ0n) is 9.33. The van der Waals surface area contributed by atoms with Crippen LogP contribution in [0.4, 0.5) is 0 Å². The Balaban J connectivity index is 2.46. The fraction of sp³-hybridized carbons (Fsp3) is 0.250. The number of fused-ring (bicyclic) bond motifs is 1. The van der Waals surface area contributed by atoms with E-state index < -0.39 is 5.97 Å². The largest absolute Gasteiger partial charge is 0.545 e. The first-order valence-electron chi connectivity index (χ1n) is 5.18. The van der Waals surface area contributed by atoms with Crippen LogP contribution in [0.25, 0.3) is 10.9 Å². The summed E-state index contributed by atoms with van der Waals surface area (Å²) < 4.78 is 0. The maximum atomic E-state index is 10.7. The molecule has 4 nitrogen and oxygen atoms in total. The molecule has 0 radical (unpaired) electrons. The maximum absolute atomic E-state index is 10.7. The summed E-state index contributed by atoms with van der Waals surface area (Å²) in [4.78, 5) is 15.1. The van der Waals surface area contributed by atoms with E-state index in [-0.39, 0.29) is 5.56 Å². The summed E-state index contributed by atoms with van der Waals surface area (Å²) in [5.41, 5.74) is 2.25. The van der Waals surface area contributed by atoms with Gasteiger partial charge in [-0.1, -0.05) is 12.1 Å². The highest BCUT2D eigenvalue weighted by atomic mass is 16.4. The fourth-order valence-corrected chi connectivity index (χ4v) is 1.84. The van der Waals surface area contributed by atoms with Crippen LogP contribution in [0.5, 0.6) is 0 Å². The second-order valence-electron chi connectivity index (χ2n) is 4.25. The highest BCUT2D eigenvalue weighted by Crippen LogP contribution is 2.18. The molecule has 0 amide bonds. The first-order chi connectivity index (χ1) is 7.58. The smallest absolute Gasteiger partial charge is 0.104 e. The number of H-pyrrole nitrogens is 1. The average molecular weight is 218 g/mol. The van der Waals surface area contributed by atoms with Gasteiger partial charge in [0.2, 0.25) is 0 Å². The van der Waals surface area contributed by atoms with E-state index >= 15 is 0 Å². The third kappa shape index (κ3) is 1.92. The summed E-state index contributed by atoms with van der Waals surface area (Å²) in [7, 11) is 4.16. The molecule has 1 heterocycles. The van der Waals surface area contributed by atoms with E-state index in [1.165, 1.54) is 10.5 Å². The van der Waals surface area contributed by atoms with Crippen molar-refractivity contribution in [3.05, 3.63) is 35.5 Å². The van der Waals surface area contributed by atoms with Crippen LogP contribution in [0.3, 0.4) is 0 Å².